The van der Waals surface area contributed by atoms with E-state index in [9.17, 15) is 8.42 Å². The summed E-state index contributed by atoms with van der Waals surface area (Å²) in [4.78, 5) is 3.97. The van der Waals surface area contributed by atoms with Crippen molar-refractivity contribution in [3.8, 4) is 0 Å². The molecule has 3 N–H and O–H groups in total. The first-order valence-corrected chi connectivity index (χ1v) is 8.82. The third-order valence-electron chi connectivity index (χ3n) is 3.12. The second-order valence-corrected chi connectivity index (χ2v) is 7.30. The van der Waals surface area contributed by atoms with Gasteiger partial charge in [-0.05, 0) is 26.0 Å². The van der Waals surface area contributed by atoms with E-state index in [2.05, 4.69) is 25.4 Å². The number of nitrogens with one attached hydrogen (secondary N) is 1. The van der Waals surface area contributed by atoms with Gasteiger partial charge in [0.1, 0.15) is 16.4 Å². The van der Waals surface area contributed by atoms with Gasteiger partial charge in [0.2, 0.25) is 15.7 Å². The molecule has 0 amide bonds. The fourth-order valence-electron chi connectivity index (χ4n) is 2.06. The van der Waals surface area contributed by atoms with Crippen molar-refractivity contribution in [1.82, 2.24) is 19.8 Å². The maximum Gasteiger partial charge on any atom is 0.239 e. The Morgan fingerprint density at radius 3 is 2.58 bits per heavy atom. The van der Waals surface area contributed by atoms with E-state index in [-0.39, 0.29) is 20.6 Å². The van der Waals surface area contributed by atoms with Crippen LogP contribution in [0.3, 0.4) is 0 Å². The summed E-state index contributed by atoms with van der Waals surface area (Å²) in [6.07, 6.45) is 0. The first-order valence-electron chi connectivity index (χ1n) is 6.52. The molecular weight excluding hydrogens is 377 g/mol. The van der Waals surface area contributed by atoms with Gasteiger partial charge in [0.05, 0.1) is 15.7 Å². The molecule has 2 aromatic heterocycles. The molecule has 0 spiro atoms. The lowest BCUT2D eigenvalue weighted by atomic mass is 10.3. The predicted octanol–water partition coefficient (Wildman–Crippen LogP) is 3.04. The number of fused-ring (bicyclic) bond motifs is 1. The molecule has 0 fully saturated rings. The highest BCUT2D eigenvalue weighted by Gasteiger charge is 2.17. The standard InChI is InChI=1S/C12H11Cl2N7O2S/c1-5-11(12-16-6(2)20-21(12)19-5)18-17-9-3-8(14)10(4-7(9)13)24(15,22)23/h3-4,19H,1-2H3,(H2,15,22,23). The highest BCUT2D eigenvalue weighted by atomic mass is 35.5. The average Bonchev–Trinajstić information content (AvgIpc) is 2.93. The van der Waals surface area contributed by atoms with Gasteiger partial charge in [-0.1, -0.05) is 23.2 Å². The van der Waals surface area contributed by atoms with Crippen LogP contribution in [0.2, 0.25) is 10.0 Å². The Labute approximate surface area is 146 Å². The highest BCUT2D eigenvalue weighted by molar-refractivity contribution is 7.89. The summed E-state index contributed by atoms with van der Waals surface area (Å²) in [6.45, 7) is 3.54. The Hall–Kier alpha value is -2.01. The zero-order chi connectivity index (χ0) is 17.6. The van der Waals surface area contributed by atoms with E-state index in [1.54, 1.807) is 13.8 Å². The number of sulfonamides is 1. The fourth-order valence-corrected chi connectivity index (χ4v) is 3.42. The lowest BCUT2D eigenvalue weighted by Gasteiger charge is -2.04. The minimum absolute atomic E-state index is 0.0500. The predicted molar refractivity (Wildman–Crippen MR) is 88.8 cm³/mol. The van der Waals surface area contributed by atoms with E-state index < -0.39 is 10.0 Å². The molecule has 0 radical (unpaired) electrons. The highest BCUT2D eigenvalue weighted by Crippen LogP contribution is 2.35. The molecular formula is C12H11Cl2N7O2S. The molecule has 3 aromatic rings. The van der Waals surface area contributed by atoms with Gasteiger partial charge in [0.15, 0.2) is 5.69 Å². The summed E-state index contributed by atoms with van der Waals surface area (Å²) < 4.78 is 24.3. The van der Waals surface area contributed by atoms with E-state index in [0.717, 1.165) is 6.07 Å². The van der Waals surface area contributed by atoms with Gasteiger partial charge in [-0.3, -0.25) is 5.10 Å². The third-order valence-corrected chi connectivity index (χ3v) is 4.80. The number of rotatable bonds is 3. The second-order valence-electron chi connectivity index (χ2n) is 4.96. The second kappa shape index (κ2) is 5.81. The molecule has 0 saturated heterocycles. The fraction of sp³-hybridized carbons (Fsp3) is 0.167. The number of aryl methyl sites for hydroxylation is 2. The Kier molecular flexibility index (Phi) is 4.08. The molecule has 12 heteroatoms. The minimum Gasteiger partial charge on any atom is -0.278 e. The molecule has 9 nitrogen and oxygen atoms in total. The molecule has 126 valence electrons. The zero-order valence-electron chi connectivity index (χ0n) is 12.4. The van der Waals surface area contributed by atoms with E-state index in [1.807, 2.05) is 0 Å². The van der Waals surface area contributed by atoms with Crippen LogP contribution in [0.15, 0.2) is 27.3 Å². The smallest absolute Gasteiger partial charge is 0.239 e. The maximum atomic E-state index is 11.4. The minimum atomic E-state index is -3.98. The largest absolute Gasteiger partial charge is 0.278 e. The normalized spacial score (nSPS) is 12.5. The van der Waals surface area contributed by atoms with Crippen LogP contribution in [0.1, 0.15) is 11.5 Å². The molecule has 0 aliphatic rings. The van der Waals surface area contributed by atoms with Crippen molar-refractivity contribution in [3.05, 3.63) is 33.7 Å². The summed E-state index contributed by atoms with van der Waals surface area (Å²) in [5.41, 5.74) is 1.90. The SMILES string of the molecule is Cc1nc2c(N=Nc3cc(Cl)c(S(N)(=O)=O)cc3Cl)c(C)[nH]n2n1. The van der Waals surface area contributed by atoms with Crippen LogP contribution in [0.25, 0.3) is 5.65 Å². The van der Waals surface area contributed by atoms with Crippen molar-refractivity contribution in [2.75, 3.05) is 0 Å². The van der Waals surface area contributed by atoms with Crippen molar-refractivity contribution in [1.29, 1.82) is 0 Å². The van der Waals surface area contributed by atoms with Crippen molar-refractivity contribution >= 4 is 50.2 Å². The van der Waals surface area contributed by atoms with Crippen LogP contribution in [0.4, 0.5) is 11.4 Å². The zero-order valence-corrected chi connectivity index (χ0v) is 14.8. The lowest BCUT2D eigenvalue weighted by Crippen LogP contribution is -2.12. The Balaban J connectivity index is 2.06. The summed E-state index contributed by atoms with van der Waals surface area (Å²) in [5.74, 6) is 0.580. The number of hydrogen-bond acceptors (Lipinski definition) is 6. The number of aromatic amines is 1. The van der Waals surface area contributed by atoms with E-state index in [0.29, 0.717) is 22.9 Å². The van der Waals surface area contributed by atoms with Crippen LogP contribution in [-0.2, 0) is 10.0 Å². The van der Waals surface area contributed by atoms with Crippen molar-refractivity contribution < 1.29 is 8.42 Å². The van der Waals surface area contributed by atoms with E-state index in [1.165, 1.54) is 10.7 Å². The molecule has 2 heterocycles. The van der Waals surface area contributed by atoms with Gasteiger partial charge in [-0.15, -0.1) is 15.3 Å². The van der Waals surface area contributed by atoms with E-state index in [4.69, 9.17) is 28.3 Å². The molecule has 0 aliphatic heterocycles. The van der Waals surface area contributed by atoms with Gasteiger partial charge < -0.3 is 0 Å². The average molecular weight is 388 g/mol. The van der Waals surface area contributed by atoms with Crippen molar-refractivity contribution in [2.45, 2.75) is 18.7 Å². The quantitative estimate of drug-likeness (QED) is 0.668. The van der Waals surface area contributed by atoms with Crippen molar-refractivity contribution in [3.63, 3.8) is 0 Å². The summed E-state index contributed by atoms with van der Waals surface area (Å²) in [6, 6.07) is 2.41. The topological polar surface area (TPSA) is 131 Å². The number of nitrogens with zero attached hydrogens (tertiary/aromatic N) is 5. The third kappa shape index (κ3) is 3.00. The molecule has 0 atom stereocenters. The molecule has 0 saturated carbocycles. The number of nitrogens with two attached hydrogens (primary N) is 1. The van der Waals surface area contributed by atoms with E-state index >= 15 is 0 Å². The number of aromatic nitrogens is 4. The van der Waals surface area contributed by atoms with Gasteiger partial charge in [0, 0.05) is 0 Å². The number of benzene rings is 1. The van der Waals surface area contributed by atoms with Crippen LogP contribution < -0.4 is 5.14 Å². The Bertz CT molecular complexity index is 1080. The Morgan fingerprint density at radius 1 is 1.21 bits per heavy atom. The van der Waals surface area contributed by atoms with Crippen LogP contribution in [0, 0.1) is 13.8 Å². The first-order chi connectivity index (χ1) is 11.2. The number of H-pyrrole nitrogens is 1. The van der Waals surface area contributed by atoms with Crippen LogP contribution in [0.5, 0.6) is 0 Å². The lowest BCUT2D eigenvalue weighted by molar-refractivity contribution is 0.598. The molecule has 0 bridgehead atoms. The van der Waals surface area contributed by atoms with Crippen LogP contribution >= 0.6 is 23.2 Å². The van der Waals surface area contributed by atoms with Crippen LogP contribution in [-0.4, -0.2) is 28.2 Å². The molecule has 3 rings (SSSR count). The summed E-state index contributed by atoms with van der Waals surface area (Å²) in [7, 11) is -3.98. The molecule has 0 aliphatic carbocycles. The first kappa shape index (κ1) is 16.8. The molecule has 24 heavy (non-hydrogen) atoms. The molecule has 1 aromatic carbocycles. The van der Waals surface area contributed by atoms with Gasteiger partial charge in [-0.25, -0.2) is 18.5 Å². The number of azo groups is 1. The van der Waals surface area contributed by atoms with Crippen molar-refractivity contribution in [2.24, 2.45) is 15.4 Å². The summed E-state index contributed by atoms with van der Waals surface area (Å²) >= 11 is 12.0. The number of halogens is 2. The summed E-state index contributed by atoms with van der Waals surface area (Å²) in [5, 5.41) is 20.3. The number of hydrogen-bond donors (Lipinski definition) is 2. The Morgan fingerprint density at radius 2 is 1.92 bits per heavy atom. The van der Waals surface area contributed by atoms with Gasteiger partial charge in [0.25, 0.3) is 0 Å². The molecule has 0 unspecified atom stereocenters. The van der Waals surface area contributed by atoms with Gasteiger partial charge in [-0.2, -0.15) is 4.63 Å². The number of primary sulfonamides is 1. The monoisotopic (exact) mass is 387 g/mol. The maximum absolute atomic E-state index is 11.4. The van der Waals surface area contributed by atoms with Gasteiger partial charge >= 0.3 is 0 Å².